The monoisotopic (exact) mass is 274 g/mol. The van der Waals surface area contributed by atoms with Crippen LogP contribution in [-0.4, -0.2) is 23.6 Å². The quantitative estimate of drug-likeness (QED) is 0.570. The number of esters is 1. The topological polar surface area (TPSA) is 60.4 Å². The molecule has 0 aromatic heterocycles. The molecular formula is C11H15O4PS. The van der Waals surface area contributed by atoms with Gasteiger partial charge in [-0.05, 0) is 30.3 Å². The van der Waals surface area contributed by atoms with Crippen molar-refractivity contribution in [3.8, 4) is 0 Å². The van der Waals surface area contributed by atoms with E-state index in [1.807, 2.05) is 6.92 Å². The average Bonchev–Trinajstić information content (AvgIpc) is 2.66. The Morgan fingerprint density at radius 1 is 1.47 bits per heavy atom. The molecule has 0 aliphatic heterocycles. The first-order valence-corrected chi connectivity index (χ1v) is 7.55. The standard InChI is InChI=1S/C11H15O4PS/c1-4-9(12)8-6-11(17-16-14,5-7(8)2)10(13)15-3/h4-6H2,1-3H3. The van der Waals surface area contributed by atoms with Crippen LogP contribution in [0.15, 0.2) is 11.1 Å². The van der Waals surface area contributed by atoms with Gasteiger partial charge in [0.15, 0.2) is 5.78 Å². The summed E-state index contributed by atoms with van der Waals surface area (Å²) in [7, 11) is 1.13. The Labute approximate surface area is 106 Å². The number of hydrogen-bond acceptors (Lipinski definition) is 5. The van der Waals surface area contributed by atoms with Gasteiger partial charge in [0.05, 0.1) is 7.11 Å². The molecule has 0 saturated heterocycles. The fourth-order valence-corrected chi connectivity index (χ4v) is 3.92. The van der Waals surface area contributed by atoms with E-state index in [0.29, 0.717) is 24.8 Å². The Hall–Kier alpha value is -0.670. The van der Waals surface area contributed by atoms with Crippen LogP contribution < -0.4 is 0 Å². The molecule has 1 rings (SSSR count). The molecule has 17 heavy (non-hydrogen) atoms. The lowest BCUT2D eigenvalue weighted by atomic mass is 10.0. The molecule has 0 radical (unpaired) electrons. The second-order valence-electron chi connectivity index (χ2n) is 4.04. The van der Waals surface area contributed by atoms with E-state index in [2.05, 4.69) is 0 Å². The Morgan fingerprint density at radius 3 is 2.59 bits per heavy atom. The van der Waals surface area contributed by atoms with E-state index in [4.69, 9.17) is 4.74 Å². The molecule has 0 aromatic rings. The summed E-state index contributed by atoms with van der Waals surface area (Å²) < 4.78 is 14.7. The van der Waals surface area contributed by atoms with Gasteiger partial charge < -0.3 is 4.74 Å². The maximum absolute atomic E-state index is 11.8. The first-order valence-electron chi connectivity index (χ1n) is 5.31. The van der Waals surface area contributed by atoms with Crippen LogP contribution >= 0.6 is 19.0 Å². The van der Waals surface area contributed by atoms with Crippen LogP contribution in [0.1, 0.15) is 33.1 Å². The van der Waals surface area contributed by atoms with E-state index >= 15 is 0 Å². The number of carbonyl (C=O) groups excluding carboxylic acids is 2. The van der Waals surface area contributed by atoms with Crippen LogP contribution in [0.4, 0.5) is 0 Å². The molecule has 0 bridgehead atoms. The summed E-state index contributed by atoms with van der Waals surface area (Å²) in [4.78, 5) is 23.5. The Kier molecular flexibility index (Phi) is 4.90. The molecule has 1 aliphatic rings. The number of rotatable bonds is 5. The van der Waals surface area contributed by atoms with Crippen molar-refractivity contribution < 1.29 is 18.9 Å². The highest BCUT2D eigenvalue weighted by Gasteiger charge is 2.47. The van der Waals surface area contributed by atoms with Gasteiger partial charge in [0.25, 0.3) is 0 Å². The van der Waals surface area contributed by atoms with Crippen molar-refractivity contribution in [1.29, 1.82) is 0 Å². The number of ketones is 1. The molecule has 6 heteroatoms. The lowest BCUT2D eigenvalue weighted by Gasteiger charge is -2.22. The van der Waals surface area contributed by atoms with Crippen LogP contribution in [0.5, 0.6) is 0 Å². The summed E-state index contributed by atoms with van der Waals surface area (Å²) in [5.41, 5.74) is 1.59. The lowest BCUT2D eigenvalue weighted by molar-refractivity contribution is -0.143. The molecule has 1 unspecified atom stereocenters. The number of ether oxygens (including phenoxy) is 1. The number of Topliss-reactive ketones (excluding diaryl/α,β-unsaturated/α-hetero) is 1. The predicted molar refractivity (Wildman–Crippen MR) is 67.2 cm³/mol. The van der Waals surface area contributed by atoms with Crippen LogP contribution in [0, 0.1) is 0 Å². The minimum absolute atomic E-state index is 0.0523. The third-order valence-corrected chi connectivity index (χ3v) is 5.11. The second-order valence-corrected chi connectivity index (χ2v) is 6.15. The summed E-state index contributed by atoms with van der Waals surface area (Å²) in [5.74, 6) is -0.361. The molecular weight excluding hydrogens is 259 g/mol. The van der Waals surface area contributed by atoms with Gasteiger partial charge in [0.1, 0.15) is 4.75 Å². The van der Waals surface area contributed by atoms with Crippen LogP contribution in [0.25, 0.3) is 0 Å². The molecule has 0 N–H and O–H groups in total. The van der Waals surface area contributed by atoms with E-state index in [1.165, 1.54) is 7.11 Å². The molecule has 0 amide bonds. The molecule has 0 fully saturated rings. The molecule has 4 nitrogen and oxygen atoms in total. The highest BCUT2D eigenvalue weighted by atomic mass is 32.7. The third-order valence-electron chi connectivity index (χ3n) is 2.96. The second kappa shape index (κ2) is 5.78. The van der Waals surface area contributed by atoms with Gasteiger partial charge in [-0.1, -0.05) is 12.5 Å². The van der Waals surface area contributed by atoms with Gasteiger partial charge in [-0.2, -0.15) is 0 Å². The van der Waals surface area contributed by atoms with Crippen LogP contribution in [-0.2, 0) is 18.9 Å². The van der Waals surface area contributed by atoms with E-state index in [-0.39, 0.29) is 13.4 Å². The zero-order valence-corrected chi connectivity index (χ0v) is 11.8. The van der Waals surface area contributed by atoms with Gasteiger partial charge in [0, 0.05) is 12.8 Å². The van der Waals surface area contributed by atoms with Crippen molar-refractivity contribution in [2.24, 2.45) is 0 Å². The SMILES string of the molecule is CCC(=O)C1=C(C)CC(SP=O)(C(=O)OC)C1. The zero-order chi connectivity index (χ0) is 13.1. The minimum atomic E-state index is -0.887. The number of allylic oxidation sites excluding steroid dienone is 2. The minimum Gasteiger partial charge on any atom is -0.468 e. The summed E-state index contributed by atoms with van der Waals surface area (Å²) in [5, 5.41) is 0. The van der Waals surface area contributed by atoms with Crippen molar-refractivity contribution in [3.63, 3.8) is 0 Å². The van der Waals surface area contributed by atoms with Crippen molar-refractivity contribution in [2.75, 3.05) is 7.11 Å². The molecule has 1 aliphatic carbocycles. The van der Waals surface area contributed by atoms with Crippen LogP contribution in [0.3, 0.4) is 0 Å². The predicted octanol–water partition coefficient (Wildman–Crippen LogP) is 2.93. The molecule has 1 atom stereocenters. The van der Waals surface area contributed by atoms with E-state index in [0.717, 1.165) is 17.0 Å². The molecule has 0 saturated carbocycles. The smallest absolute Gasteiger partial charge is 0.323 e. The first kappa shape index (κ1) is 14.4. The Morgan fingerprint density at radius 2 is 2.12 bits per heavy atom. The number of carbonyl (C=O) groups is 2. The zero-order valence-electron chi connectivity index (χ0n) is 10.1. The van der Waals surface area contributed by atoms with Gasteiger partial charge >= 0.3 is 5.97 Å². The lowest BCUT2D eigenvalue weighted by Crippen LogP contribution is -2.33. The normalized spacial score (nSPS) is 24.2. The van der Waals surface area contributed by atoms with Crippen molar-refractivity contribution in [3.05, 3.63) is 11.1 Å². The summed E-state index contributed by atoms with van der Waals surface area (Å²) in [6.07, 6.45) is 1.17. The van der Waals surface area contributed by atoms with Crippen molar-refractivity contribution in [1.82, 2.24) is 0 Å². The van der Waals surface area contributed by atoms with Crippen molar-refractivity contribution >= 4 is 30.8 Å². The van der Waals surface area contributed by atoms with E-state index < -0.39 is 10.7 Å². The van der Waals surface area contributed by atoms with Gasteiger partial charge in [-0.25, -0.2) is 0 Å². The number of hydrogen-bond donors (Lipinski definition) is 0. The van der Waals surface area contributed by atoms with Gasteiger partial charge in [-0.15, -0.1) is 0 Å². The largest absolute Gasteiger partial charge is 0.468 e. The molecule has 0 spiro atoms. The fraction of sp³-hybridized carbons (Fsp3) is 0.636. The van der Waals surface area contributed by atoms with Gasteiger partial charge in [0.2, 0.25) is 7.66 Å². The number of methoxy groups -OCH3 is 1. The summed E-state index contributed by atoms with van der Waals surface area (Å²) in [6, 6.07) is 0. The molecule has 0 heterocycles. The van der Waals surface area contributed by atoms with E-state index in [1.54, 1.807) is 6.92 Å². The van der Waals surface area contributed by atoms with Gasteiger partial charge in [-0.3, -0.25) is 14.2 Å². The fourth-order valence-electron chi connectivity index (χ4n) is 2.09. The third kappa shape index (κ3) is 2.78. The maximum atomic E-state index is 11.8. The Balaban J connectivity index is 2.99. The average molecular weight is 274 g/mol. The summed E-state index contributed by atoms with van der Waals surface area (Å²) in [6.45, 7) is 3.63. The first-order chi connectivity index (χ1) is 8.00. The van der Waals surface area contributed by atoms with Crippen LogP contribution in [0.2, 0.25) is 0 Å². The van der Waals surface area contributed by atoms with E-state index in [9.17, 15) is 14.2 Å². The Bertz CT molecular complexity index is 391. The van der Waals surface area contributed by atoms with Crippen molar-refractivity contribution in [2.45, 2.75) is 37.9 Å². The summed E-state index contributed by atoms with van der Waals surface area (Å²) >= 11 is 1.00. The molecule has 0 aromatic carbocycles. The maximum Gasteiger partial charge on any atom is 0.323 e. The highest BCUT2D eigenvalue weighted by Crippen LogP contribution is 2.50. The molecule has 94 valence electrons. The highest BCUT2D eigenvalue weighted by molar-refractivity contribution is 8.46.